The average Bonchev–Trinajstić information content (AvgIpc) is 2.90. The lowest BCUT2D eigenvalue weighted by Gasteiger charge is -2.18. The second-order valence-electron chi connectivity index (χ2n) is 4.70. The Morgan fingerprint density at radius 1 is 1.33 bits per heavy atom. The van der Waals surface area contributed by atoms with Crippen molar-refractivity contribution in [2.75, 3.05) is 13.7 Å². The van der Waals surface area contributed by atoms with Gasteiger partial charge >= 0.3 is 0 Å². The minimum absolute atomic E-state index is 0.242. The molecule has 1 atom stereocenters. The number of halogens is 1. The molecule has 0 aliphatic heterocycles. The average molecular weight is 370 g/mol. The monoisotopic (exact) mass is 369 g/mol. The molecular weight excluding hydrogens is 350 g/mol. The van der Waals surface area contributed by atoms with Gasteiger partial charge in [-0.15, -0.1) is 11.3 Å². The van der Waals surface area contributed by atoms with E-state index in [1.165, 1.54) is 4.88 Å². The summed E-state index contributed by atoms with van der Waals surface area (Å²) < 4.78 is 12.4. The van der Waals surface area contributed by atoms with Crippen molar-refractivity contribution in [2.45, 2.75) is 26.5 Å². The van der Waals surface area contributed by atoms with E-state index in [1.54, 1.807) is 18.4 Å². The summed E-state index contributed by atoms with van der Waals surface area (Å²) in [4.78, 5) is 1.19. The van der Waals surface area contributed by atoms with E-state index >= 15 is 0 Å². The zero-order chi connectivity index (χ0) is 15.2. The van der Waals surface area contributed by atoms with Crippen molar-refractivity contribution < 1.29 is 9.47 Å². The molecule has 3 nitrogen and oxygen atoms in total. The van der Waals surface area contributed by atoms with Crippen LogP contribution in [0.5, 0.6) is 11.5 Å². The van der Waals surface area contributed by atoms with Gasteiger partial charge in [0.25, 0.3) is 0 Å². The van der Waals surface area contributed by atoms with E-state index in [0.717, 1.165) is 28.1 Å². The topological polar surface area (TPSA) is 30.5 Å². The second kappa shape index (κ2) is 7.82. The normalized spacial score (nSPS) is 12.2. The Kier molecular flexibility index (Phi) is 6.08. The molecule has 2 aromatic rings. The van der Waals surface area contributed by atoms with E-state index in [0.29, 0.717) is 6.61 Å². The van der Waals surface area contributed by atoms with E-state index in [1.807, 2.05) is 12.1 Å². The van der Waals surface area contributed by atoms with Crippen LogP contribution in [0, 0.1) is 0 Å². The van der Waals surface area contributed by atoms with Crippen molar-refractivity contribution in [3.8, 4) is 11.5 Å². The Balaban J connectivity index is 2.17. The van der Waals surface area contributed by atoms with Gasteiger partial charge in [-0.2, -0.15) is 0 Å². The smallest absolute Gasteiger partial charge is 0.128 e. The minimum atomic E-state index is 0.242. The third-order valence-corrected chi connectivity index (χ3v) is 4.86. The van der Waals surface area contributed by atoms with Crippen LogP contribution in [0.1, 0.15) is 30.3 Å². The number of hydrogen-bond donors (Lipinski definition) is 1. The fraction of sp³-hybridized carbons (Fsp3) is 0.375. The van der Waals surface area contributed by atoms with Gasteiger partial charge in [-0.05, 0) is 41.5 Å². The first kappa shape index (κ1) is 16.3. The van der Waals surface area contributed by atoms with Crippen LogP contribution in [0.3, 0.4) is 0 Å². The Morgan fingerprint density at radius 3 is 2.76 bits per heavy atom. The number of hydrogen-bond acceptors (Lipinski definition) is 4. The molecule has 1 aromatic carbocycles. The van der Waals surface area contributed by atoms with Crippen LogP contribution in [-0.2, 0) is 6.61 Å². The molecule has 0 spiro atoms. The highest BCUT2D eigenvalue weighted by Gasteiger charge is 2.12. The molecule has 0 saturated carbocycles. The number of ether oxygens (including phenoxy) is 2. The molecule has 21 heavy (non-hydrogen) atoms. The van der Waals surface area contributed by atoms with Crippen LogP contribution in [0.15, 0.2) is 34.1 Å². The molecule has 0 fully saturated rings. The molecule has 0 aliphatic rings. The van der Waals surface area contributed by atoms with Crippen LogP contribution in [-0.4, -0.2) is 13.7 Å². The Hall–Kier alpha value is -1.04. The molecule has 0 radical (unpaired) electrons. The highest BCUT2D eigenvalue weighted by Crippen LogP contribution is 2.31. The fourth-order valence-corrected chi connectivity index (χ4v) is 3.48. The quantitative estimate of drug-likeness (QED) is 0.762. The molecule has 0 aliphatic carbocycles. The lowest BCUT2D eigenvalue weighted by atomic mass is 10.1. The number of benzene rings is 1. The predicted octanol–water partition coefficient (Wildman–Crippen LogP) is 4.77. The summed E-state index contributed by atoms with van der Waals surface area (Å²) in [5.41, 5.74) is 1.15. The maximum atomic E-state index is 6.02. The van der Waals surface area contributed by atoms with E-state index in [9.17, 15) is 0 Å². The van der Waals surface area contributed by atoms with Crippen molar-refractivity contribution in [3.63, 3.8) is 0 Å². The molecular formula is C16H20BrNO2S. The van der Waals surface area contributed by atoms with Gasteiger partial charge < -0.3 is 14.8 Å². The Bertz CT molecular complexity index is 585. The molecule has 114 valence electrons. The molecule has 1 aromatic heterocycles. The van der Waals surface area contributed by atoms with Gasteiger partial charge in [0.05, 0.1) is 7.11 Å². The molecule has 1 N–H and O–H groups in total. The number of nitrogens with one attached hydrogen (secondary N) is 1. The third kappa shape index (κ3) is 4.46. The van der Waals surface area contributed by atoms with Gasteiger partial charge in [0.2, 0.25) is 0 Å². The standard InChI is InChI=1S/C16H20BrNO2S/c1-4-18-11(2)15-6-5-13(19-3)8-16(15)20-9-14-7-12(17)10-21-14/h5-8,10-11,18H,4,9H2,1-3H3. The van der Waals surface area contributed by atoms with Crippen molar-refractivity contribution >= 4 is 27.3 Å². The zero-order valence-electron chi connectivity index (χ0n) is 12.5. The highest BCUT2D eigenvalue weighted by molar-refractivity contribution is 9.10. The largest absolute Gasteiger partial charge is 0.497 e. The molecule has 1 unspecified atom stereocenters. The van der Waals surface area contributed by atoms with Gasteiger partial charge in [0.15, 0.2) is 0 Å². The lowest BCUT2D eigenvalue weighted by molar-refractivity contribution is 0.300. The number of rotatable bonds is 7. The second-order valence-corrected chi connectivity index (χ2v) is 6.61. The summed E-state index contributed by atoms with van der Waals surface area (Å²) in [6.07, 6.45) is 0. The first-order valence-electron chi connectivity index (χ1n) is 6.91. The number of methoxy groups -OCH3 is 1. The van der Waals surface area contributed by atoms with Gasteiger partial charge in [0, 0.05) is 32.4 Å². The summed E-state index contributed by atoms with van der Waals surface area (Å²) >= 11 is 5.15. The third-order valence-electron chi connectivity index (χ3n) is 3.19. The van der Waals surface area contributed by atoms with Gasteiger partial charge in [0.1, 0.15) is 18.1 Å². The first-order chi connectivity index (χ1) is 10.1. The van der Waals surface area contributed by atoms with Crippen LogP contribution in [0.4, 0.5) is 0 Å². The molecule has 1 heterocycles. The van der Waals surface area contributed by atoms with Crippen molar-refractivity contribution in [1.29, 1.82) is 0 Å². The van der Waals surface area contributed by atoms with E-state index in [-0.39, 0.29) is 6.04 Å². The van der Waals surface area contributed by atoms with Gasteiger partial charge in [-0.25, -0.2) is 0 Å². The van der Waals surface area contributed by atoms with Crippen molar-refractivity contribution in [2.24, 2.45) is 0 Å². The summed E-state index contributed by atoms with van der Waals surface area (Å²) in [5.74, 6) is 1.68. The SMILES string of the molecule is CCNC(C)c1ccc(OC)cc1OCc1cc(Br)cs1. The van der Waals surface area contributed by atoms with E-state index in [4.69, 9.17) is 9.47 Å². The fourth-order valence-electron chi connectivity index (χ4n) is 2.12. The summed E-state index contributed by atoms with van der Waals surface area (Å²) in [5, 5.41) is 5.48. The lowest BCUT2D eigenvalue weighted by Crippen LogP contribution is -2.18. The van der Waals surface area contributed by atoms with Crippen LogP contribution < -0.4 is 14.8 Å². The predicted molar refractivity (Wildman–Crippen MR) is 91.4 cm³/mol. The van der Waals surface area contributed by atoms with Gasteiger partial charge in [-0.3, -0.25) is 0 Å². The van der Waals surface area contributed by atoms with Crippen LogP contribution >= 0.6 is 27.3 Å². The van der Waals surface area contributed by atoms with E-state index in [2.05, 4.69) is 52.6 Å². The highest BCUT2D eigenvalue weighted by atomic mass is 79.9. The molecule has 0 bridgehead atoms. The Labute approximate surface area is 138 Å². The maximum absolute atomic E-state index is 6.02. The molecule has 0 amide bonds. The van der Waals surface area contributed by atoms with Gasteiger partial charge in [-0.1, -0.05) is 13.0 Å². The summed E-state index contributed by atoms with van der Waals surface area (Å²) in [7, 11) is 1.67. The first-order valence-corrected chi connectivity index (χ1v) is 8.58. The number of thiophene rings is 1. The van der Waals surface area contributed by atoms with E-state index < -0.39 is 0 Å². The zero-order valence-corrected chi connectivity index (χ0v) is 14.9. The summed E-state index contributed by atoms with van der Waals surface area (Å²) in [6.45, 7) is 5.73. The molecule has 2 rings (SSSR count). The van der Waals surface area contributed by atoms with Crippen LogP contribution in [0.2, 0.25) is 0 Å². The maximum Gasteiger partial charge on any atom is 0.128 e. The molecule has 0 saturated heterocycles. The van der Waals surface area contributed by atoms with Crippen molar-refractivity contribution in [3.05, 3.63) is 44.6 Å². The molecule has 5 heteroatoms. The Morgan fingerprint density at radius 2 is 2.14 bits per heavy atom. The van der Waals surface area contributed by atoms with Crippen LogP contribution in [0.25, 0.3) is 0 Å². The van der Waals surface area contributed by atoms with Crippen molar-refractivity contribution in [1.82, 2.24) is 5.32 Å². The summed E-state index contributed by atoms with van der Waals surface area (Å²) in [6, 6.07) is 8.30. The minimum Gasteiger partial charge on any atom is -0.497 e.